The van der Waals surface area contributed by atoms with Crippen LogP contribution in [0.2, 0.25) is 0 Å². The van der Waals surface area contributed by atoms with Crippen LogP contribution in [0.4, 0.5) is 0 Å². The number of ether oxygens (including phenoxy) is 4. The fourth-order valence-electron chi connectivity index (χ4n) is 4.88. The van der Waals surface area contributed by atoms with Gasteiger partial charge in [0.05, 0.1) is 0 Å². The summed E-state index contributed by atoms with van der Waals surface area (Å²) in [6, 6.07) is 26.9. The lowest BCUT2D eigenvalue weighted by atomic mass is 9.77. The Kier molecular flexibility index (Phi) is 15.9. The van der Waals surface area contributed by atoms with Crippen molar-refractivity contribution in [3.63, 3.8) is 0 Å². The van der Waals surface area contributed by atoms with Gasteiger partial charge in [0, 0.05) is 22.0 Å². The van der Waals surface area contributed by atoms with Crippen molar-refractivity contribution in [3.8, 4) is 72.5 Å². The quantitative estimate of drug-likeness (QED) is 0.175. The molecular formula is C42H40O8. The van der Waals surface area contributed by atoms with E-state index in [1.807, 2.05) is 84.9 Å². The van der Waals surface area contributed by atoms with E-state index in [2.05, 4.69) is 65.3 Å². The molecule has 0 aliphatic heterocycles. The molecule has 256 valence electrons. The molecule has 0 heterocycles. The van der Waals surface area contributed by atoms with E-state index in [4.69, 9.17) is 42.0 Å². The van der Waals surface area contributed by atoms with Crippen molar-refractivity contribution in [2.75, 3.05) is 0 Å². The zero-order valence-electron chi connectivity index (χ0n) is 28.3. The van der Waals surface area contributed by atoms with E-state index >= 15 is 0 Å². The van der Waals surface area contributed by atoms with Crippen molar-refractivity contribution in [1.82, 2.24) is 0 Å². The number of terminal acetylenes is 2. The fraction of sp³-hybridized carbons (Fsp3) is 0.143. The molecule has 0 aromatic heterocycles. The molecule has 50 heavy (non-hydrogen) atoms. The molecule has 0 amide bonds. The molecule has 6 N–H and O–H groups in total. The Bertz CT molecular complexity index is 1950. The Morgan fingerprint density at radius 2 is 0.900 bits per heavy atom. The van der Waals surface area contributed by atoms with E-state index in [0.29, 0.717) is 23.0 Å². The molecule has 0 saturated heterocycles. The predicted octanol–water partition coefficient (Wildman–Crippen LogP) is 6.94. The van der Waals surface area contributed by atoms with Crippen LogP contribution in [0.1, 0.15) is 61.1 Å². The van der Waals surface area contributed by atoms with E-state index in [1.165, 1.54) is 0 Å². The summed E-state index contributed by atoms with van der Waals surface area (Å²) in [5, 5.41) is 17.0. The van der Waals surface area contributed by atoms with Gasteiger partial charge in [-0.3, -0.25) is 0 Å². The first-order valence-electron chi connectivity index (χ1n) is 14.7. The number of aliphatic hydroxyl groups is 2. The summed E-state index contributed by atoms with van der Waals surface area (Å²) in [7, 11) is 0. The Labute approximate surface area is 294 Å². The molecule has 8 heteroatoms. The van der Waals surface area contributed by atoms with Crippen LogP contribution in [0, 0.1) is 49.5 Å². The van der Waals surface area contributed by atoms with Crippen LogP contribution in [-0.4, -0.2) is 21.2 Å². The molecule has 4 aromatic carbocycles. The first-order chi connectivity index (χ1) is 23.0. The highest BCUT2D eigenvalue weighted by atomic mass is 16.5. The van der Waals surface area contributed by atoms with Crippen LogP contribution >= 0.6 is 0 Å². The topological polar surface area (TPSA) is 140 Å². The summed E-state index contributed by atoms with van der Waals surface area (Å²) in [6.07, 6.45) is 25.8. The lowest BCUT2D eigenvalue weighted by Crippen LogP contribution is -2.19. The van der Waals surface area contributed by atoms with Gasteiger partial charge in [0.15, 0.2) is 24.4 Å². The van der Waals surface area contributed by atoms with Crippen LogP contribution in [0.3, 0.4) is 0 Å². The number of benzene rings is 4. The first kappa shape index (κ1) is 41.3. The van der Waals surface area contributed by atoms with Crippen LogP contribution in [-0.2, 0) is 10.8 Å². The molecule has 0 unspecified atom stereocenters. The van der Waals surface area contributed by atoms with Gasteiger partial charge < -0.3 is 40.1 Å². The molecule has 0 radical (unpaired) electrons. The van der Waals surface area contributed by atoms with Gasteiger partial charge >= 0.3 is 0 Å². The van der Waals surface area contributed by atoms with Crippen molar-refractivity contribution < 1.29 is 40.1 Å². The van der Waals surface area contributed by atoms with Gasteiger partial charge in [-0.2, -0.15) is 0 Å². The number of hydrogen-bond donors (Lipinski definition) is 2. The first-order valence-corrected chi connectivity index (χ1v) is 14.7. The highest BCUT2D eigenvalue weighted by Crippen LogP contribution is 2.37. The molecule has 8 nitrogen and oxygen atoms in total. The molecule has 0 saturated carbocycles. The highest BCUT2D eigenvalue weighted by Gasteiger charge is 2.25. The molecule has 4 aromatic rings. The van der Waals surface area contributed by atoms with E-state index in [-0.39, 0.29) is 21.8 Å². The lowest BCUT2D eigenvalue weighted by molar-refractivity contribution is 0.474. The fourth-order valence-corrected chi connectivity index (χ4v) is 4.88. The molecule has 0 aliphatic carbocycles. The minimum atomic E-state index is -0.300. The second kappa shape index (κ2) is 19.2. The van der Waals surface area contributed by atoms with E-state index < -0.39 is 0 Å². The number of aliphatic hydroxyl groups excluding tert-OH is 2. The summed E-state index contributed by atoms with van der Waals surface area (Å²) in [6.45, 7) is 16.1. The summed E-state index contributed by atoms with van der Waals surface area (Å²) in [4.78, 5) is 0. The Hall–Kier alpha value is -6.68. The maximum atomic E-state index is 8.59. The van der Waals surface area contributed by atoms with E-state index in [0.717, 1.165) is 33.4 Å². The average molecular weight is 673 g/mol. The second-order valence-corrected chi connectivity index (χ2v) is 11.3. The zero-order chi connectivity index (χ0) is 35.2. The van der Waals surface area contributed by atoms with Crippen molar-refractivity contribution in [1.29, 1.82) is 0 Å². The number of hydrogen-bond acceptors (Lipinski definition) is 6. The van der Waals surface area contributed by atoms with Gasteiger partial charge in [-0.1, -0.05) is 102 Å². The average Bonchev–Trinajstić information content (AvgIpc) is 3.10. The summed E-state index contributed by atoms with van der Waals surface area (Å²) in [5.41, 5.74) is 5.54. The summed E-state index contributed by atoms with van der Waals surface area (Å²) < 4.78 is 20.4. The molecular weight excluding hydrogens is 632 g/mol. The minimum absolute atomic E-state index is 0. The number of rotatable bonds is 10. The van der Waals surface area contributed by atoms with Gasteiger partial charge in [-0.15, -0.1) is 0 Å². The Balaban J connectivity index is 0.000000487. The standard InChI is InChI=1S/C23H20O3.C19H16O3.2H2O/c1-6-17-15-19(9-11-21(17)25-8-3)23(4,5)20-10-12-22(26-14-13-24)18(7-2)16-20;1-4-21-17-9-5-15(6-10-17)19(2,3)16-7-11-18(12-8-16)22-14-13-20;;/h3,6-7,9-12,15-16,24H,1-2H2,4-5H3;1,5-12,20H,2-3H3;2*1H2. The Morgan fingerprint density at radius 3 is 1.30 bits per heavy atom. The smallest absolute Gasteiger partial charge is 0.160 e. The zero-order valence-corrected chi connectivity index (χ0v) is 28.3. The van der Waals surface area contributed by atoms with Crippen molar-refractivity contribution in [3.05, 3.63) is 131 Å². The normalized spacial score (nSPS) is 9.64. The monoisotopic (exact) mass is 672 g/mol. The van der Waals surface area contributed by atoms with Crippen LogP contribution in [0.25, 0.3) is 12.2 Å². The second-order valence-electron chi connectivity index (χ2n) is 11.3. The third kappa shape index (κ3) is 10.2. The maximum Gasteiger partial charge on any atom is 0.160 e. The molecule has 4 rings (SSSR count). The minimum Gasteiger partial charge on any atom is -0.460 e. The molecule has 0 fully saturated rings. The van der Waals surface area contributed by atoms with Crippen molar-refractivity contribution in [2.45, 2.75) is 38.5 Å². The van der Waals surface area contributed by atoms with Crippen LogP contribution in [0.15, 0.2) is 98.1 Å². The summed E-state index contributed by atoms with van der Waals surface area (Å²) in [5.74, 6) is 2.36. The van der Waals surface area contributed by atoms with Gasteiger partial charge in [-0.25, -0.2) is 0 Å². The van der Waals surface area contributed by atoms with Gasteiger partial charge in [-0.05, 0) is 70.8 Å². The van der Waals surface area contributed by atoms with Crippen molar-refractivity contribution in [2.24, 2.45) is 0 Å². The van der Waals surface area contributed by atoms with Gasteiger partial charge in [0.1, 0.15) is 35.2 Å². The van der Waals surface area contributed by atoms with Gasteiger partial charge in [0.2, 0.25) is 0 Å². The molecule has 0 aliphatic rings. The summed E-state index contributed by atoms with van der Waals surface area (Å²) >= 11 is 0. The van der Waals surface area contributed by atoms with E-state index in [1.54, 1.807) is 24.4 Å². The molecule has 0 atom stereocenters. The van der Waals surface area contributed by atoms with Crippen molar-refractivity contribution >= 4 is 12.2 Å². The highest BCUT2D eigenvalue weighted by molar-refractivity contribution is 5.61. The van der Waals surface area contributed by atoms with Crippen LogP contribution < -0.4 is 18.9 Å². The third-order valence-corrected chi connectivity index (χ3v) is 7.82. The Morgan fingerprint density at radius 1 is 0.540 bits per heavy atom. The predicted molar refractivity (Wildman–Crippen MR) is 197 cm³/mol. The molecule has 0 bridgehead atoms. The van der Waals surface area contributed by atoms with Gasteiger partial charge in [0.25, 0.3) is 0 Å². The van der Waals surface area contributed by atoms with E-state index in [9.17, 15) is 0 Å². The SMILES string of the molecule is C#COc1ccc(C(C)(C)c2ccc(OC#CO)c(C=C)c2)cc1C=C.C#COc1ccc(C(C)(C)c2ccc(OC#CO)cc2)cc1.O.O. The lowest BCUT2D eigenvalue weighted by Gasteiger charge is -2.27. The largest absolute Gasteiger partial charge is 0.460 e. The van der Waals surface area contributed by atoms with Crippen LogP contribution in [0.5, 0.6) is 23.0 Å². The maximum absolute atomic E-state index is 8.59. The molecule has 0 spiro atoms. The third-order valence-electron chi connectivity index (χ3n) is 7.82.